The van der Waals surface area contributed by atoms with Crippen LogP contribution in [-0.4, -0.2) is 0 Å². The Balaban J connectivity index is 3.67. The van der Waals surface area contributed by atoms with E-state index >= 15 is 0 Å². The maximum atomic E-state index is 12.6. The maximum absolute atomic E-state index is 12.6. The molecular weight excluding hydrogens is 272 g/mol. The van der Waals surface area contributed by atoms with Gasteiger partial charge in [-0.3, -0.25) is 0 Å². The number of halogens is 7. The number of nitrogen functional groups attached to an aromatic ring is 1. The van der Waals surface area contributed by atoms with E-state index < -0.39 is 40.6 Å². The van der Waals surface area contributed by atoms with E-state index in [0.29, 0.717) is 0 Å². The van der Waals surface area contributed by atoms with Crippen LogP contribution in [0.3, 0.4) is 0 Å². The number of hydrogen-bond donors (Lipinski definition) is 1. The molecule has 0 radical (unpaired) electrons. The fourth-order valence-electron chi connectivity index (χ4n) is 1.40. The van der Waals surface area contributed by atoms with Crippen LogP contribution in [0.2, 0.25) is 0 Å². The molecule has 1 rings (SSSR count). The van der Waals surface area contributed by atoms with Crippen LogP contribution in [0.1, 0.15) is 16.7 Å². The Labute approximate surface area is 97.2 Å². The minimum absolute atomic E-state index is 0.652. The molecule has 0 spiro atoms. The Bertz CT molecular complexity index is 423. The van der Waals surface area contributed by atoms with Gasteiger partial charge >= 0.3 is 12.4 Å². The Kier molecular flexibility index (Phi) is 3.52. The smallest absolute Gasteiger partial charge is 0.398 e. The fraction of sp³-hybridized carbons (Fsp3) is 0.333. The van der Waals surface area contributed by atoms with Gasteiger partial charge in [0.2, 0.25) is 0 Å². The molecule has 96 valence electrons. The van der Waals surface area contributed by atoms with Crippen LogP contribution in [0.4, 0.5) is 32.0 Å². The Morgan fingerprint density at radius 3 is 1.76 bits per heavy atom. The first-order chi connectivity index (χ1) is 7.59. The molecule has 0 aliphatic carbocycles. The zero-order valence-corrected chi connectivity index (χ0v) is 8.84. The van der Waals surface area contributed by atoms with Crippen LogP contribution < -0.4 is 5.73 Å². The van der Waals surface area contributed by atoms with Gasteiger partial charge in [0.05, 0.1) is 11.1 Å². The third kappa shape index (κ3) is 2.77. The number of hydrogen-bond acceptors (Lipinski definition) is 1. The molecule has 0 fully saturated rings. The fourth-order valence-corrected chi connectivity index (χ4v) is 1.63. The van der Waals surface area contributed by atoms with E-state index in [1.165, 1.54) is 0 Å². The second kappa shape index (κ2) is 4.29. The lowest BCUT2D eigenvalue weighted by atomic mass is 9.99. The SMILES string of the molecule is Nc1ccc(CCl)c(C(F)(F)F)c1C(F)(F)F. The van der Waals surface area contributed by atoms with Gasteiger partial charge in [-0.2, -0.15) is 26.3 Å². The van der Waals surface area contributed by atoms with Crippen molar-refractivity contribution in [3.05, 3.63) is 28.8 Å². The molecule has 0 atom stereocenters. The predicted octanol–water partition coefficient (Wildman–Crippen LogP) is 4.05. The van der Waals surface area contributed by atoms with Gasteiger partial charge in [0.1, 0.15) is 0 Å². The van der Waals surface area contributed by atoms with Gasteiger partial charge in [-0.1, -0.05) is 6.07 Å². The van der Waals surface area contributed by atoms with Crippen molar-refractivity contribution < 1.29 is 26.3 Å². The summed E-state index contributed by atoms with van der Waals surface area (Å²) >= 11 is 5.20. The highest BCUT2D eigenvalue weighted by atomic mass is 35.5. The lowest BCUT2D eigenvalue weighted by molar-refractivity contribution is -0.162. The molecule has 0 aliphatic heterocycles. The van der Waals surface area contributed by atoms with E-state index in [9.17, 15) is 26.3 Å². The zero-order chi connectivity index (χ0) is 13.4. The topological polar surface area (TPSA) is 26.0 Å². The molecule has 0 bridgehead atoms. The van der Waals surface area contributed by atoms with E-state index in [-0.39, 0.29) is 0 Å². The molecule has 1 aromatic rings. The average molecular weight is 278 g/mol. The molecular formula is C9H6ClF6N. The van der Waals surface area contributed by atoms with Gasteiger partial charge in [0.25, 0.3) is 0 Å². The summed E-state index contributed by atoms with van der Waals surface area (Å²) in [6.07, 6.45) is -10.3. The summed E-state index contributed by atoms with van der Waals surface area (Å²) in [4.78, 5) is 0. The number of anilines is 1. The molecule has 8 heteroatoms. The molecule has 1 nitrogen and oxygen atoms in total. The lowest BCUT2D eigenvalue weighted by Crippen LogP contribution is -2.20. The van der Waals surface area contributed by atoms with E-state index in [2.05, 4.69) is 0 Å². The van der Waals surface area contributed by atoms with Crippen LogP contribution >= 0.6 is 11.6 Å². The highest BCUT2D eigenvalue weighted by Crippen LogP contribution is 2.45. The Hall–Kier alpha value is -1.11. The molecule has 0 saturated carbocycles. The third-order valence-electron chi connectivity index (χ3n) is 2.03. The van der Waals surface area contributed by atoms with Gasteiger partial charge < -0.3 is 5.73 Å². The van der Waals surface area contributed by atoms with Gasteiger partial charge in [0.15, 0.2) is 0 Å². The van der Waals surface area contributed by atoms with Crippen molar-refractivity contribution in [2.45, 2.75) is 18.2 Å². The first kappa shape index (κ1) is 14.0. The van der Waals surface area contributed by atoms with Crippen LogP contribution in [0.15, 0.2) is 12.1 Å². The summed E-state index contributed by atoms with van der Waals surface area (Å²) in [5.41, 5.74) is -0.366. The summed E-state index contributed by atoms with van der Waals surface area (Å²) in [6.45, 7) is 0. The van der Waals surface area contributed by atoms with E-state index in [1.54, 1.807) is 0 Å². The molecule has 0 aliphatic rings. The summed E-state index contributed by atoms with van der Waals surface area (Å²) in [7, 11) is 0. The minimum atomic E-state index is -5.18. The monoisotopic (exact) mass is 277 g/mol. The first-order valence-corrected chi connectivity index (χ1v) is 4.74. The summed E-state index contributed by atoms with van der Waals surface area (Å²) in [5.74, 6) is -0.682. The summed E-state index contributed by atoms with van der Waals surface area (Å²) < 4.78 is 75.4. The van der Waals surface area contributed by atoms with Crippen molar-refractivity contribution in [2.75, 3.05) is 5.73 Å². The largest absolute Gasteiger partial charge is 0.418 e. The zero-order valence-electron chi connectivity index (χ0n) is 8.08. The van der Waals surface area contributed by atoms with Gasteiger partial charge in [-0.15, -0.1) is 11.6 Å². The quantitative estimate of drug-likeness (QED) is 0.468. The van der Waals surface area contributed by atoms with Crippen molar-refractivity contribution >= 4 is 17.3 Å². The first-order valence-electron chi connectivity index (χ1n) is 4.20. The third-order valence-corrected chi connectivity index (χ3v) is 2.32. The Morgan fingerprint density at radius 1 is 0.941 bits per heavy atom. The highest BCUT2D eigenvalue weighted by Gasteiger charge is 2.46. The van der Waals surface area contributed by atoms with E-state index in [1.807, 2.05) is 0 Å². The van der Waals surface area contributed by atoms with Crippen LogP contribution in [0.5, 0.6) is 0 Å². The highest BCUT2D eigenvalue weighted by molar-refractivity contribution is 6.17. The van der Waals surface area contributed by atoms with Crippen molar-refractivity contribution in [2.24, 2.45) is 0 Å². The summed E-state index contributed by atoms with van der Waals surface area (Å²) in [5, 5.41) is 0. The second-order valence-corrected chi connectivity index (χ2v) is 3.46. The molecule has 0 heterocycles. The number of rotatable bonds is 1. The number of alkyl halides is 7. The van der Waals surface area contributed by atoms with Crippen molar-refractivity contribution in [3.8, 4) is 0 Å². The van der Waals surface area contributed by atoms with Crippen molar-refractivity contribution in [1.82, 2.24) is 0 Å². The van der Waals surface area contributed by atoms with E-state index in [4.69, 9.17) is 17.3 Å². The van der Waals surface area contributed by atoms with Gasteiger partial charge in [-0.05, 0) is 11.6 Å². The van der Waals surface area contributed by atoms with E-state index in [0.717, 1.165) is 12.1 Å². The van der Waals surface area contributed by atoms with Gasteiger partial charge in [-0.25, -0.2) is 0 Å². The van der Waals surface area contributed by atoms with Crippen LogP contribution in [0.25, 0.3) is 0 Å². The molecule has 1 aromatic carbocycles. The van der Waals surface area contributed by atoms with Crippen LogP contribution in [-0.2, 0) is 18.2 Å². The number of nitrogens with two attached hydrogens (primary N) is 1. The second-order valence-electron chi connectivity index (χ2n) is 3.19. The molecule has 17 heavy (non-hydrogen) atoms. The maximum Gasteiger partial charge on any atom is 0.418 e. The minimum Gasteiger partial charge on any atom is -0.398 e. The predicted molar refractivity (Wildman–Crippen MR) is 50.4 cm³/mol. The summed E-state index contributed by atoms with van der Waals surface area (Å²) in [6, 6.07) is 1.59. The Morgan fingerprint density at radius 2 is 1.41 bits per heavy atom. The van der Waals surface area contributed by atoms with Crippen molar-refractivity contribution in [1.29, 1.82) is 0 Å². The van der Waals surface area contributed by atoms with Crippen LogP contribution in [0, 0.1) is 0 Å². The van der Waals surface area contributed by atoms with Crippen molar-refractivity contribution in [3.63, 3.8) is 0 Å². The molecule has 0 amide bonds. The molecule has 0 unspecified atom stereocenters. The molecule has 2 N–H and O–H groups in total. The standard InChI is InChI=1S/C9H6ClF6N/c10-3-4-1-2-5(17)7(9(14,15)16)6(4)8(11,12)13/h1-2H,3,17H2. The average Bonchev–Trinajstić information content (AvgIpc) is 2.13. The number of benzene rings is 1. The molecule has 0 saturated heterocycles. The van der Waals surface area contributed by atoms with Gasteiger partial charge in [0, 0.05) is 11.6 Å². The normalized spacial score (nSPS) is 12.9. The molecule has 0 aromatic heterocycles. The lowest BCUT2D eigenvalue weighted by Gasteiger charge is -2.19.